The van der Waals surface area contributed by atoms with Crippen LogP contribution in [0.3, 0.4) is 0 Å². The number of rotatable bonds is 8. The minimum atomic E-state index is -4.49. The van der Waals surface area contributed by atoms with Gasteiger partial charge < -0.3 is 15.2 Å². The largest absolute Gasteiger partial charge is 0.434 e. The van der Waals surface area contributed by atoms with Crippen molar-refractivity contribution in [2.45, 2.75) is 63.6 Å². The van der Waals surface area contributed by atoms with Gasteiger partial charge in [-0.2, -0.15) is 13.2 Å². The molecule has 2 aliphatic carbocycles. The Morgan fingerprint density at radius 2 is 1.95 bits per heavy atom. The molecule has 0 aliphatic heterocycles. The quantitative estimate of drug-likeness (QED) is 0.351. The molecule has 2 N–H and O–H groups in total. The van der Waals surface area contributed by atoms with Crippen LogP contribution in [0.4, 0.5) is 13.2 Å². The number of aryl methyl sites for hydroxylation is 1. The molecule has 1 saturated carbocycles. The number of allylic oxidation sites excluding steroid dienone is 3. The first-order chi connectivity index (χ1) is 18.1. The van der Waals surface area contributed by atoms with E-state index in [2.05, 4.69) is 59.2 Å². The van der Waals surface area contributed by atoms with Gasteiger partial charge in [-0.3, -0.25) is 4.98 Å². The smallest absolute Gasteiger partial charge is 0.402 e. The minimum absolute atomic E-state index is 0.185. The number of likely N-dealkylation sites (N-methyl/N-ethyl adjacent to an activating group) is 1. The average molecular weight is 522 g/mol. The number of aromatic nitrogens is 3. The molecular formula is C30H34F3N5. The molecule has 5 nitrogen and oxygen atoms in total. The van der Waals surface area contributed by atoms with Gasteiger partial charge in [0.05, 0.1) is 0 Å². The van der Waals surface area contributed by atoms with E-state index in [1.165, 1.54) is 34.1 Å². The highest BCUT2D eigenvalue weighted by atomic mass is 19.4. The highest BCUT2D eigenvalue weighted by Crippen LogP contribution is 2.44. The Kier molecular flexibility index (Phi) is 7.07. The Bertz CT molecular complexity index is 1360. The fraction of sp³-hybridized carbons (Fsp3) is 0.400. The van der Waals surface area contributed by atoms with Gasteiger partial charge >= 0.3 is 6.18 Å². The number of imidazole rings is 1. The second-order valence-electron chi connectivity index (χ2n) is 10.6. The maximum atomic E-state index is 13.1. The Morgan fingerprint density at radius 3 is 2.55 bits per heavy atom. The fourth-order valence-electron chi connectivity index (χ4n) is 5.39. The maximum absolute atomic E-state index is 13.1. The molecule has 38 heavy (non-hydrogen) atoms. The van der Waals surface area contributed by atoms with E-state index in [1.54, 1.807) is 19.3 Å². The first-order valence-corrected chi connectivity index (χ1v) is 13.2. The number of halogens is 3. The summed E-state index contributed by atoms with van der Waals surface area (Å²) in [6, 6.07) is 12.4. The molecule has 0 saturated heterocycles. The van der Waals surface area contributed by atoms with Gasteiger partial charge in [0.15, 0.2) is 11.5 Å². The zero-order chi connectivity index (χ0) is 27.0. The summed E-state index contributed by atoms with van der Waals surface area (Å²) < 4.78 is 40.6. The zero-order valence-electron chi connectivity index (χ0n) is 22.1. The molecule has 0 bridgehead atoms. The minimum Gasteiger partial charge on any atom is -0.402 e. The first-order valence-electron chi connectivity index (χ1n) is 13.2. The number of pyridine rings is 1. The van der Waals surface area contributed by atoms with Crippen molar-refractivity contribution in [1.82, 2.24) is 19.4 Å². The third-order valence-electron chi connectivity index (χ3n) is 7.53. The topological polar surface area (TPSA) is 60.0 Å². The van der Waals surface area contributed by atoms with Crippen LogP contribution in [0.2, 0.25) is 0 Å². The highest BCUT2D eigenvalue weighted by molar-refractivity contribution is 5.51. The maximum Gasteiger partial charge on any atom is 0.434 e. The van der Waals surface area contributed by atoms with Crippen LogP contribution < -0.4 is 5.73 Å². The zero-order valence-corrected chi connectivity index (χ0v) is 22.1. The summed E-state index contributed by atoms with van der Waals surface area (Å²) in [7, 11) is 3.60. The van der Waals surface area contributed by atoms with E-state index >= 15 is 0 Å². The lowest BCUT2D eigenvalue weighted by Gasteiger charge is -2.26. The second kappa shape index (κ2) is 10.3. The van der Waals surface area contributed by atoms with Crippen molar-refractivity contribution in [3.05, 3.63) is 94.2 Å². The van der Waals surface area contributed by atoms with Crippen LogP contribution in [-0.2, 0) is 19.8 Å². The van der Waals surface area contributed by atoms with Gasteiger partial charge in [-0.05, 0) is 66.4 Å². The second-order valence-corrected chi connectivity index (χ2v) is 10.6. The molecular weight excluding hydrogens is 487 g/mol. The van der Waals surface area contributed by atoms with E-state index in [1.807, 2.05) is 6.07 Å². The number of alkyl halides is 3. The molecule has 1 aromatic carbocycles. The van der Waals surface area contributed by atoms with E-state index in [0.29, 0.717) is 18.2 Å². The lowest BCUT2D eigenvalue weighted by molar-refractivity contribution is -0.140. The molecule has 8 heteroatoms. The third kappa shape index (κ3) is 5.49. The predicted octanol–water partition coefficient (Wildman–Crippen LogP) is 6.89. The molecule has 2 aliphatic rings. The van der Waals surface area contributed by atoms with Crippen molar-refractivity contribution in [2.24, 2.45) is 12.8 Å². The van der Waals surface area contributed by atoms with Gasteiger partial charge in [-0.25, -0.2) is 4.98 Å². The molecule has 0 amide bonds. The number of hydrogen-bond donors (Lipinski definition) is 1. The molecule has 0 radical (unpaired) electrons. The van der Waals surface area contributed by atoms with Gasteiger partial charge in [0, 0.05) is 50.3 Å². The van der Waals surface area contributed by atoms with E-state index in [9.17, 15) is 13.2 Å². The molecule has 1 unspecified atom stereocenters. The lowest BCUT2D eigenvalue weighted by atomic mass is 9.91. The Labute approximate surface area is 221 Å². The SMILES string of the molecule is CC(/C=C(\C1=C(N)CCC1)N(C)Cc1ccc(-c2nc(C(F)(F)F)cn2C)nc1)c1ccccc1C1CC1. The number of nitrogens with two attached hydrogens (primary N) is 1. The van der Waals surface area contributed by atoms with Gasteiger partial charge in [0.25, 0.3) is 0 Å². The van der Waals surface area contributed by atoms with Gasteiger partial charge in [0.2, 0.25) is 0 Å². The predicted molar refractivity (Wildman–Crippen MR) is 143 cm³/mol. The first kappa shape index (κ1) is 26.1. The van der Waals surface area contributed by atoms with E-state index in [-0.39, 0.29) is 11.7 Å². The van der Waals surface area contributed by atoms with Crippen molar-refractivity contribution < 1.29 is 13.2 Å². The van der Waals surface area contributed by atoms with Crippen LogP contribution in [0.15, 0.2) is 71.8 Å². The number of benzene rings is 1. The molecule has 5 rings (SSSR count). The molecule has 1 atom stereocenters. The summed E-state index contributed by atoms with van der Waals surface area (Å²) >= 11 is 0. The molecule has 2 aromatic heterocycles. The highest BCUT2D eigenvalue weighted by Gasteiger charge is 2.34. The lowest BCUT2D eigenvalue weighted by Crippen LogP contribution is -2.20. The van der Waals surface area contributed by atoms with Crippen LogP contribution in [-0.4, -0.2) is 26.5 Å². The van der Waals surface area contributed by atoms with Crippen LogP contribution >= 0.6 is 0 Å². The van der Waals surface area contributed by atoms with Crippen molar-refractivity contribution in [2.75, 3.05) is 7.05 Å². The summed E-state index contributed by atoms with van der Waals surface area (Å²) in [6.45, 7) is 2.85. The van der Waals surface area contributed by atoms with Crippen molar-refractivity contribution in [3.8, 4) is 11.5 Å². The van der Waals surface area contributed by atoms with Crippen LogP contribution in [0, 0.1) is 0 Å². The third-order valence-corrected chi connectivity index (χ3v) is 7.53. The van der Waals surface area contributed by atoms with Crippen molar-refractivity contribution in [1.29, 1.82) is 0 Å². The van der Waals surface area contributed by atoms with Crippen LogP contribution in [0.25, 0.3) is 11.5 Å². The molecule has 0 spiro atoms. The summed E-state index contributed by atoms with van der Waals surface area (Å²) in [5.74, 6) is 1.09. The molecule has 200 valence electrons. The number of nitrogens with zero attached hydrogens (tertiary/aromatic N) is 4. The van der Waals surface area contributed by atoms with Gasteiger partial charge in [0.1, 0.15) is 5.69 Å². The van der Waals surface area contributed by atoms with Crippen molar-refractivity contribution >= 4 is 0 Å². The monoisotopic (exact) mass is 521 g/mol. The standard InChI is InChI=1S/C30H34F3N5/c1-19(22-7-4-5-8-23(22)21-12-13-21)15-27(24-9-6-10-25(24)34)37(2)17-20-11-14-26(35-16-20)29-36-28(18-38(29)3)30(31,32)33/h4-5,7-8,11,14-16,18-19,21H,6,9-10,12-13,17,34H2,1-3H3/b27-15+. The van der Waals surface area contributed by atoms with Crippen molar-refractivity contribution in [3.63, 3.8) is 0 Å². The molecule has 1 fully saturated rings. The molecule has 2 heterocycles. The summed E-state index contributed by atoms with van der Waals surface area (Å²) in [5, 5.41) is 0. The summed E-state index contributed by atoms with van der Waals surface area (Å²) in [5.41, 5.74) is 13.0. The fourth-order valence-corrected chi connectivity index (χ4v) is 5.39. The number of hydrogen-bond acceptors (Lipinski definition) is 4. The summed E-state index contributed by atoms with van der Waals surface area (Å²) in [6.07, 6.45) is 5.98. The Hall–Kier alpha value is -3.55. The van der Waals surface area contributed by atoms with Gasteiger partial charge in [-0.15, -0.1) is 0 Å². The van der Waals surface area contributed by atoms with Crippen LogP contribution in [0.1, 0.15) is 73.2 Å². The van der Waals surface area contributed by atoms with Gasteiger partial charge in [-0.1, -0.05) is 43.3 Å². The van der Waals surface area contributed by atoms with E-state index < -0.39 is 11.9 Å². The molecule has 3 aromatic rings. The summed E-state index contributed by atoms with van der Waals surface area (Å²) in [4.78, 5) is 10.4. The Morgan fingerprint density at radius 1 is 1.18 bits per heavy atom. The van der Waals surface area contributed by atoms with E-state index in [0.717, 1.165) is 42.4 Å². The Balaban J connectivity index is 1.39. The van der Waals surface area contributed by atoms with E-state index in [4.69, 9.17) is 5.73 Å². The average Bonchev–Trinajstić information content (AvgIpc) is 3.53. The van der Waals surface area contributed by atoms with Crippen LogP contribution in [0.5, 0.6) is 0 Å². The normalized spacial score (nSPS) is 17.3.